The Morgan fingerprint density at radius 2 is 1.73 bits per heavy atom. The molecule has 1 aromatic rings. The number of amides is 1. The summed E-state index contributed by atoms with van der Waals surface area (Å²) >= 11 is 0. The van der Waals surface area contributed by atoms with Crippen LogP contribution in [-0.4, -0.2) is 46.9 Å². The average Bonchev–Trinajstić information content (AvgIpc) is 2.63. The Labute approximate surface area is 175 Å². The molecule has 4 N–H and O–H groups in total. The van der Waals surface area contributed by atoms with Crippen molar-refractivity contribution in [3.05, 3.63) is 35.9 Å². The van der Waals surface area contributed by atoms with E-state index >= 15 is 0 Å². The molecule has 1 rings (SSSR count). The highest BCUT2D eigenvalue weighted by Gasteiger charge is 2.52. The third kappa shape index (κ3) is 8.23. The highest BCUT2D eigenvalue weighted by atomic mass is 19.3. The first-order valence-electron chi connectivity index (χ1n) is 9.75. The molecule has 0 aliphatic carbocycles. The van der Waals surface area contributed by atoms with E-state index < -0.39 is 41.8 Å². The van der Waals surface area contributed by atoms with Crippen LogP contribution in [0, 0.1) is 5.92 Å². The molecule has 0 spiro atoms. The summed E-state index contributed by atoms with van der Waals surface area (Å²) in [6.07, 6.45) is -3.36. The van der Waals surface area contributed by atoms with Crippen LogP contribution < -0.4 is 11.1 Å². The number of hydrogen-bond donors (Lipinski definition) is 3. The predicted molar refractivity (Wildman–Crippen MR) is 108 cm³/mol. The van der Waals surface area contributed by atoms with Gasteiger partial charge in [-0.25, -0.2) is 13.6 Å². The number of carbonyl (C=O) groups excluding carboxylic acids is 2. The fourth-order valence-electron chi connectivity index (χ4n) is 2.66. The summed E-state index contributed by atoms with van der Waals surface area (Å²) in [4.78, 5) is 24.1. The molecule has 0 saturated carbocycles. The van der Waals surface area contributed by atoms with Crippen LogP contribution in [0.25, 0.3) is 0 Å². The van der Waals surface area contributed by atoms with Crippen LogP contribution in [0.3, 0.4) is 0 Å². The minimum atomic E-state index is -4.05. The van der Waals surface area contributed by atoms with Crippen LogP contribution in [-0.2, 0) is 20.9 Å². The summed E-state index contributed by atoms with van der Waals surface area (Å²) < 4.78 is 39.6. The van der Waals surface area contributed by atoms with Gasteiger partial charge in [0, 0.05) is 0 Å². The van der Waals surface area contributed by atoms with E-state index in [4.69, 9.17) is 15.2 Å². The minimum absolute atomic E-state index is 0.0157. The van der Waals surface area contributed by atoms with Crippen molar-refractivity contribution in [3.63, 3.8) is 0 Å². The van der Waals surface area contributed by atoms with E-state index in [1.807, 2.05) is 0 Å². The second-order valence-electron chi connectivity index (χ2n) is 8.57. The number of alkyl carbamates (subject to hydrolysis) is 1. The number of ether oxygens (including phenoxy) is 2. The lowest BCUT2D eigenvalue weighted by Crippen LogP contribution is -2.61. The molecule has 9 heteroatoms. The highest BCUT2D eigenvalue weighted by Crippen LogP contribution is 2.28. The molecule has 170 valence electrons. The molecule has 0 aromatic heterocycles. The van der Waals surface area contributed by atoms with Crippen molar-refractivity contribution in [1.29, 1.82) is 0 Å². The van der Waals surface area contributed by atoms with Gasteiger partial charge in [0.25, 0.3) is 0 Å². The van der Waals surface area contributed by atoms with Crippen molar-refractivity contribution < 1.29 is 33.0 Å². The second-order valence-corrected chi connectivity index (χ2v) is 8.57. The van der Waals surface area contributed by atoms with Crippen molar-refractivity contribution in [2.24, 2.45) is 11.7 Å². The van der Waals surface area contributed by atoms with Gasteiger partial charge in [0.15, 0.2) is 6.04 Å². The first kappa shape index (κ1) is 25.8. The topological polar surface area (TPSA) is 111 Å². The zero-order valence-electron chi connectivity index (χ0n) is 18.0. The van der Waals surface area contributed by atoms with Crippen LogP contribution in [0.5, 0.6) is 0 Å². The smallest absolute Gasteiger partial charge is 0.407 e. The molecule has 0 saturated heterocycles. The monoisotopic (exact) mass is 430 g/mol. The Balaban J connectivity index is 2.86. The number of aliphatic hydroxyl groups excluding tert-OH is 1. The Morgan fingerprint density at radius 3 is 2.23 bits per heavy atom. The fourth-order valence-corrected chi connectivity index (χ4v) is 2.66. The van der Waals surface area contributed by atoms with Gasteiger partial charge in [-0.15, -0.1) is 0 Å². The summed E-state index contributed by atoms with van der Waals surface area (Å²) in [7, 11) is 0. The molecule has 3 atom stereocenters. The first-order valence-corrected chi connectivity index (χ1v) is 9.75. The normalized spacial score (nSPS) is 15.3. The van der Waals surface area contributed by atoms with E-state index in [9.17, 15) is 23.5 Å². The van der Waals surface area contributed by atoms with Crippen molar-refractivity contribution >= 4 is 12.1 Å². The third-order valence-corrected chi connectivity index (χ3v) is 4.10. The molecule has 0 fully saturated rings. The molecule has 0 radical (unpaired) electrons. The zero-order chi connectivity index (χ0) is 23.1. The predicted octanol–water partition coefficient (Wildman–Crippen LogP) is 2.99. The molecule has 0 aliphatic heterocycles. The molecule has 7 nitrogen and oxygen atoms in total. The van der Waals surface area contributed by atoms with Gasteiger partial charge in [0.1, 0.15) is 18.3 Å². The van der Waals surface area contributed by atoms with Crippen molar-refractivity contribution in [2.75, 3.05) is 0 Å². The average molecular weight is 430 g/mol. The van der Waals surface area contributed by atoms with Crippen molar-refractivity contribution in [3.8, 4) is 0 Å². The van der Waals surface area contributed by atoms with Gasteiger partial charge in [-0.2, -0.15) is 0 Å². The molecule has 1 amide bonds. The van der Waals surface area contributed by atoms with E-state index in [1.54, 1.807) is 65.0 Å². The van der Waals surface area contributed by atoms with Crippen LogP contribution in [0.4, 0.5) is 13.6 Å². The number of alkyl halides is 2. The van der Waals surface area contributed by atoms with Gasteiger partial charge >= 0.3 is 18.0 Å². The number of aliphatic hydroxyl groups is 1. The number of esters is 1. The van der Waals surface area contributed by atoms with Crippen LogP contribution in [0.15, 0.2) is 30.3 Å². The molecule has 30 heavy (non-hydrogen) atoms. The molecular formula is C21H32F2N2O5. The molecular weight excluding hydrogens is 398 g/mol. The van der Waals surface area contributed by atoms with E-state index in [0.29, 0.717) is 5.56 Å². The summed E-state index contributed by atoms with van der Waals surface area (Å²) in [5.74, 6) is -5.55. The maximum Gasteiger partial charge on any atom is 0.407 e. The Morgan fingerprint density at radius 1 is 1.17 bits per heavy atom. The lowest BCUT2D eigenvalue weighted by atomic mass is 9.92. The van der Waals surface area contributed by atoms with Gasteiger partial charge in [-0.1, -0.05) is 44.2 Å². The van der Waals surface area contributed by atoms with Crippen LogP contribution >= 0.6 is 0 Å². The highest BCUT2D eigenvalue weighted by molar-refractivity contribution is 5.77. The maximum absolute atomic E-state index is 14.8. The second kappa shape index (κ2) is 10.7. The summed E-state index contributed by atoms with van der Waals surface area (Å²) in [5, 5.41) is 12.6. The molecule has 0 aliphatic rings. The molecule has 1 aromatic carbocycles. The standard InChI is InChI=1S/C21H32F2N2O5/c1-13(2)11-15(25-19(28)30-20(3,4)5)17(26)21(22,23)16(24)18(27)29-12-14-9-7-6-8-10-14/h6-10,13,15-17,26H,11-12,24H2,1-5H3,(H,25,28). The van der Waals surface area contributed by atoms with Crippen LogP contribution in [0.2, 0.25) is 0 Å². The molecule has 0 heterocycles. The Hall–Kier alpha value is -2.26. The van der Waals surface area contributed by atoms with Gasteiger partial charge < -0.3 is 25.6 Å². The Bertz CT molecular complexity index is 692. The van der Waals surface area contributed by atoms with E-state index in [1.165, 1.54) is 0 Å². The quantitative estimate of drug-likeness (QED) is 0.520. The lowest BCUT2D eigenvalue weighted by Gasteiger charge is -2.33. The Kier molecular flexibility index (Phi) is 9.17. The maximum atomic E-state index is 14.8. The van der Waals surface area contributed by atoms with Gasteiger partial charge in [-0.3, -0.25) is 4.79 Å². The van der Waals surface area contributed by atoms with E-state index in [0.717, 1.165) is 0 Å². The number of benzene rings is 1. The lowest BCUT2D eigenvalue weighted by molar-refractivity contribution is -0.173. The molecule has 3 unspecified atom stereocenters. The largest absolute Gasteiger partial charge is 0.459 e. The van der Waals surface area contributed by atoms with E-state index in [2.05, 4.69) is 5.32 Å². The van der Waals surface area contributed by atoms with Gasteiger partial charge in [-0.05, 0) is 38.7 Å². The van der Waals surface area contributed by atoms with E-state index in [-0.39, 0.29) is 18.9 Å². The SMILES string of the molecule is CC(C)CC(NC(=O)OC(C)(C)C)C(O)C(F)(F)C(N)C(=O)OCc1ccccc1. The number of halogens is 2. The summed E-state index contributed by atoms with van der Waals surface area (Å²) in [6.45, 7) is 8.10. The fraction of sp³-hybridized carbons (Fsp3) is 0.619. The van der Waals surface area contributed by atoms with Crippen molar-refractivity contribution in [2.45, 2.75) is 77.4 Å². The number of hydrogen-bond acceptors (Lipinski definition) is 6. The zero-order valence-corrected chi connectivity index (χ0v) is 18.0. The van der Waals surface area contributed by atoms with Gasteiger partial charge in [0.2, 0.25) is 0 Å². The third-order valence-electron chi connectivity index (χ3n) is 4.10. The summed E-state index contributed by atoms with van der Waals surface area (Å²) in [5.41, 5.74) is 5.19. The number of nitrogens with two attached hydrogens (primary N) is 1. The number of nitrogens with one attached hydrogen (secondary N) is 1. The van der Waals surface area contributed by atoms with Gasteiger partial charge in [0.05, 0.1) is 6.04 Å². The van der Waals surface area contributed by atoms with Crippen molar-refractivity contribution in [1.82, 2.24) is 5.32 Å². The number of carbonyl (C=O) groups is 2. The minimum Gasteiger partial charge on any atom is -0.459 e. The van der Waals surface area contributed by atoms with Crippen LogP contribution in [0.1, 0.15) is 46.6 Å². The summed E-state index contributed by atoms with van der Waals surface area (Å²) in [6, 6.07) is 4.70. The number of rotatable bonds is 9. The molecule has 0 bridgehead atoms. The first-order chi connectivity index (χ1) is 13.7.